The van der Waals surface area contributed by atoms with Gasteiger partial charge in [0.2, 0.25) is 0 Å². The fourth-order valence-corrected chi connectivity index (χ4v) is 39.9. The summed E-state index contributed by atoms with van der Waals surface area (Å²) in [7, 11) is -25.6. The van der Waals surface area contributed by atoms with Crippen molar-refractivity contribution in [3.05, 3.63) is 0 Å². The van der Waals surface area contributed by atoms with Crippen molar-refractivity contribution in [1.29, 1.82) is 0 Å². The highest BCUT2D eigenvalue weighted by atomic mass is 32.2. The van der Waals surface area contributed by atoms with Crippen molar-refractivity contribution >= 4 is 113 Å². The van der Waals surface area contributed by atoms with Gasteiger partial charge >= 0.3 is 83.2 Å². The molecule has 0 aromatic carbocycles. The Morgan fingerprint density at radius 3 is 1.32 bits per heavy atom. The number of halogens is 14. The number of esters is 7. The maximum absolute atomic E-state index is 13.0. The quantitative estimate of drug-likeness (QED) is 0.0713. The zero-order chi connectivity index (χ0) is 99.4. The van der Waals surface area contributed by atoms with Crippen LogP contribution < -0.4 is 0 Å². The zero-order valence-corrected chi connectivity index (χ0v) is 78.6. The Labute approximate surface area is 754 Å². The number of carbonyl (C=O) groups excluding carboxylic acids is 7. The average molecular weight is 2070 g/mol. The summed E-state index contributed by atoms with van der Waals surface area (Å²) < 4.78 is 414. The highest BCUT2D eigenvalue weighted by Gasteiger charge is 2.79. The maximum atomic E-state index is 13.0. The molecule has 14 bridgehead atoms. The summed E-state index contributed by atoms with van der Waals surface area (Å²) in [4.78, 5) is 79.0. The van der Waals surface area contributed by atoms with Crippen molar-refractivity contribution in [1.82, 2.24) is 0 Å². The van der Waals surface area contributed by atoms with E-state index in [0.29, 0.717) is 126 Å². The van der Waals surface area contributed by atoms with E-state index in [4.69, 9.17) is 62.4 Å². The normalized spacial score (nSPS) is 45.8. The standard InChI is InChI=1S/C12H16F2O5S.5C11H14F2O5S.C10H12F2O5S/c1-11(2)5-4-6-7(11)9(19-20(6,16)17)8(5)18-10(15)12(3,13)14;1-10-3-5-6(4-10)19(15,16)18-7(5)8(10)17-9(14)11(2,12)13;1-10-4-5-3-6(10)19(15,16)18-8(10)7(5)17-9(14)11(2,12)13;1-10(17-9(14)11(2,12)13)5-3-6-7(4-5)19(15,16)18-8(6)10;1-10-6-3-5(4-7(6)19(15,16)18-10)8(10)17-9(14)11(2,12)13;1-4-5-3-6-8(18-19(15,16)9(4)6)7(5)17-10(14)11(2,12)13;1-10(11,12)9(13)16-7-4-2-5-6(3-4)18(14,15)17-8(5)7/h5-9H,4H2,1-3H3;4*5-8H,3-4H2,1-2H3;4-9H,3H2,1-2H3;4-8H,2-3H2,1H3. The number of fused-ring (bicyclic) bond motifs is 7. The van der Waals surface area contributed by atoms with Crippen LogP contribution in [-0.2, 0) is 167 Å². The molecule has 7 saturated heterocycles. The first-order valence-corrected chi connectivity index (χ1v) is 52.9. The largest absolute Gasteiger partial charge is 0.455 e. The Kier molecular flexibility index (Phi) is 24.2. The predicted octanol–water partition coefficient (Wildman–Crippen LogP) is 7.28. The van der Waals surface area contributed by atoms with Crippen molar-refractivity contribution < 1.29 is 216 Å². The molecule has 21 aliphatic rings. The van der Waals surface area contributed by atoms with Gasteiger partial charge in [0, 0.05) is 130 Å². The molecule has 21 rings (SSSR count). The minimum atomic E-state index is -3.69. The first kappa shape index (κ1) is 102. The second kappa shape index (κ2) is 31.6. The molecule has 21 fully saturated rings. The molecule has 133 heavy (non-hydrogen) atoms. The summed E-state index contributed by atoms with van der Waals surface area (Å²) in [5, 5.41) is -4.09. The molecule has 0 aromatic rings. The number of hydrogen-bond donors (Lipinski definition) is 0. The lowest BCUT2D eigenvalue weighted by Gasteiger charge is -2.36. The molecule has 0 N–H and O–H groups in total. The first-order valence-electron chi connectivity index (χ1n) is 42.6. The highest BCUT2D eigenvalue weighted by molar-refractivity contribution is 7.89. The smallest absolute Gasteiger partial charge is 0.377 e. The first-order chi connectivity index (χ1) is 60.0. The third kappa shape index (κ3) is 17.0. The summed E-state index contributed by atoms with van der Waals surface area (Å²) in [6, 6.07) is 0. The Balaban J connectivity index is 0.000000118. The number of rotatable bonds is 14. The van der Waals surface area contributed by atoms with E-state index in [1.165, 1.54) is 13.8 Å². The van der Waals surface area contributed by atoms with Crippen LogP contribution in [0.15, 0.2) is 0 Å². The Bertz CT molecular complexity index is 5560. The number of alkyl halides is 14. The van der Waals surface area contributed by atoms with E-state index in [9.17, 15) is 154 Å². The van der Waals surface area contributed by atoms with Crippen LogP contribution in [0, 0.1) is 93.2 Å². The van der Waals surface area contributed by atoms with Crippen LogP contribution in [0.25, 0.3) is 0 Å². The van der Waals surface area contributed by atoms with Gasteiger partial charge in [-0.15, -0.1) is 0 Å². The summed E-state index contributed by atoms with van der Waals surface area (Å²) in [6.45, 7) is 15.2. The van der Waals surface area contributed by atoms with Crippen molar-refractivity contribution in [2.24, 2.45) is 93.2 Å². The Hall–Kier alpha value is -5.32. The van der Waals surface area contributed by atoms with Crippen LogP contribution in [0.4, 0.5) is 61.5 Å². The molecule has 7 heterocycles. The van der Waals surface area contributed by atoms with Crippen molar-refractivity contribution in [2.75, 3.05) is 0 Å². The van der Waals surface area contributed by atoms with E-state index < -0.39 is 292 Å². The number of hydrogen-bond acceptors (Lipinski definition) is 35. The fourth-order valence-electron chi connectivity index (χ4n) is 25.8. The molecule has 0 aromatic heterocycles. The fraction of sp³-hybridized carbons (Fsp3) is 0.909. The van der Waals surface area contributed by atoms with Crippen molar-refractivity contribution in [2.45, 2.75) is 337 Å². The molecule has 14 saturated carbocycles. The molecule has 36 unspecified atom stereocenters. The highest BCUT2D eigenvalue weighted by Crippen LogP contribution is 2.69. The summed E-state index contributed by atoms with van der Waals surface area (Å²) in [5.41, 5.74) is -4.09. The average Bonchev–Trinajstić information content (AvgIpc) is 1.49. The molecule has 14 aliphatic carbocycles. The third-order valence-electron chi connectivity index (χ3n) is 31.7. The molecule has 0 radical (unpaired) electrons. The van der Waals surface area contributed by atoms with Crippen molar-refractivity contribution in [3.63, 3.8) is 0 Å². The van der Waals surface area contributed by atoms with E-state index in [2.05, 4.69) is 0 Å². The van der Waals surface area contributed by atoms with E-state index in [-0.39, 0.29) is 76.9 Å². The summed E-state index contributed by atoms with van der Waals surface area (Å²) >= 11 is 0. The van der Waals surface area contributed by atoms with Crippen molar-refractivity contribution in [3.8, 4) is 0 Å². The van der Waals surface area contributed by atoms with Gasteiger partial charge in [-0.2, -0.15) is 120 Å². The van der Waals surface area contributed by atoms with E-state index >= 15 is 0 Å². The van der Waals surface area contributed by atoms with Gasteiger partial charge in [0.05, 0.1) is 36.7 Å². The van der Waals surface area contributed by atoms with Gasteiger partial charge in [-0.1, -0.05) is 34.6 Å². The van der Waals surface area contributed by atoms with E-state index in [1.807, 2.05) is 13.8 Å². The van der Waals surface area contributed by atoms with Crippen LogP contribution in [0.2, 0.25) is 0 Å². The molecule has 56 heteroatoms. The molecular formula is C77H98F14O35S7. The van der Waals surface area contributed by atoms with Gasteiger partial charge in [0.15, 0.2) is 0 Å². The molecule has 0 spiro atoms. The van der Waals surface area contributed by atoms with E-state index in [1.54, 1.807) is 20.8 Å². The van der Waals surface area contributed by atoms with Crippen LogP contribution in [0.5, 0.6) is 0 Å². The summed E-state index contributed by atoms with van der Waals surface area (Å²) in [5.74, 6) is -39.6. The van der Waals surface area contributed by atoms with Gasteiger partial charge in [-0.05, 0) is 102 Å². The molecule has 756 valence electrons. The molecule has 36 atom stereocenters. The minimum absolute atomic E-state index is 0.187. The topological polar surface area (TPSA) is 488 Å². The monoisotopic (exact) mass is 2070 g/mol. The minimum Gasteiger partial charge on any atom is -0.455 e. The summed E-state index contributed by atoms with van der Waals surface area (Å²) in [6.07, 6.45) is -5.15. The lowest BCUT2D eigenvalue weighted by molar-refractivity contribution is -0.197. The second-order valence-electron chi connectivity index (χ2n) is 41.2. The lowest BCUT2D eigenvalue weighted by Crippen LogP contribution is -2.50. The van der Waals surface area contributed by atoms with Crippen LogP contribution in [0.3, 0.4) is 0 Å². The van der Waals surface area contributed by atoms with Crippen LogP contribution >= 0.6 is 0 Å². The number of carbonyl (C=O) groups is 7. The third-order valence-corrected chi connectivity index (χ3v) is 44.4. The SMILES string of the molecule is CC(F)(F)C(=O)OC1(C)C2CC3C1OS(=O)(=O)C3C2.CC(F)(F)C(=O)OC1C2CC3C(C)(C2)C1OS3(=O)=O.CC(F)(F)C(=O)OC1C2CC3C(C2)S(=O)(=O)OC31C.CC(F)(F)C(=O)OC1C2CC3C1OS(=O)(=O)C3C2.CC(F)(F)C(=O)OC1C2OS(=O)(=O)C3CC1(C)CC23.CC(F)(F)C(=O)OC1C2OS(=O)(=O)C3CC1C(C)(C)C23.CC1C2CC3C(OS(=O)(=O)C13)C2OC(=O)C(C)(F)F. The van der Waals surface area contributed by atoms with Gasteiger partial charge in [0.25, 0.3) is 70.8 Å². The lowest BCUT2D eigenvalue weighted by atomic mass is 9.81. The van der Waals surface area contributed by atoms with Gasteiger partial charge in [0.1, 0.15) is 84.4 Å². The van der Waals surface area contributed by atoms with Crippen LogP contribution in [0.1, 0.15) is 174 Å². The predicted molar refractivity (Wildman–Crippen MR) is 412 cm³/mol. The molecule has 7 aliphatic heterocycles. The van der Waals surface area contributed by atoms with Gasteiger partial charge < -0.3 is 33.2 Å². The molecule has 35 nitrogen and oxygen atoms in total. The van der Waals surface area contributed by atoms with Gasteiger partial charge in [-0.25, -0.2) is 33.6 Å². The molecule has 0 amide bonds. The Morgan fingerprint density at radius 2 is 0.774 bits per heavy atom. The van der Waals surface area contributed by atoms with Crippen LogP contribution in [-0.4, -0.2) is 263 Å². The second-order valence-corrected chi connectivity index (χ2v) is 53.5. The zero-order valence-electron chi connectivity index (χ0n) is 72.9. The van der Waals surface area contributed by atoms with Gasteiger partial charge in [-0.3, -0.25) is 29.3 Å². The molecular weight excluding hydrogens is 1980 g/mol. The Morgan fingerprint density at radius 1 is 0.331 bits per heavy atom. The maximum Gasteiger partial charge on any atom is 0.377 e. The number of ether oxygens (including phenoxy) is 7. The van der Waals surface area contributed by atoms with E-state index in [0.717, 1.165) is 0 Å².